The van der Waals surface area contributed by atoms with Gasteiger partial charge in [-0.2, -0.15) is 0 Å². The van der Waals surface area contributed by atoms with Crippen LogP contribution in [0.5, 0.6) is 5.75 Å². The monoisotopic (exact) mass is 737 g/mol. The number of halogens is 1. The molecule has 1 aliphatic heterocycles. The maximum Gasteiger partial charge on any atom is 0.286 e. The van der Waals surface area contributed by atoms with Gasteiger partial charge >= 0.3 is 0 Å². The third kappa shape index (κ3) is 10.6. The number of ketones is 1. The molecule has 0 radical (unpaired) electrons. The Morgan fingerprint density at radius 3 is 2.40 bits per heavy atom. The van der Waals surface area contributed by atoms with E-state index in [4.69, 9.17) is 16.0 Å². The summed E-state index contributed by atoms with van der Waals surface area (Å²) >= 11 is 5.98. The van der Waals surface area contributed by atoms with E-state index >= 15 is 0 Å². The van der Waals surface area contributed by atoms with Gasteiger partial charge in [-0.05, 0) is 81.7 Å². The zero-order chi connectivity index (χ0) is 38.2. The quantitative estimate of drug-likeness (QED) is 0.118. The molecule has 4 rings (SSSR count). The molecule has 14 nitrogen and oxygen atoms in total. The Hall–Kier alpha value is -4.85. The Morgan fingerprint density at radius 2 is 1.73 bits per heavy atom. The second-order valence-corrected chi connectivity index (χ2v) is 14.9. The number of pyridine rings is 1. The summed E-state index contributed by atoms with van der Waals surface area (Å²) in [6.45, 7) is 11.3. The number of amides is 4. The molecule has 1 saturated heterocycles. The van der Waals surface area contributed by atoms with Crippen molar-refractivity contribution in [2.24, 2.45) is 11.8 Å². The fourth-order valence-electron chi connectivity index (χ4n) is 6.05. The molecule has 1 aromatic carbocycles. The first kappa shape index (κ1) is 39.9. The first-order valence-corrected chi connectivity index (χ1v) is 18.0. The predicted octanol–water partition coefficient (Wildman–Crippen LogP) is 4.71. The number of nitrogens with one attached hydrogen (secondary N) is 3. The average Bonchev–Trinajstić information content (AvgIpc) is 3.78. The van der Waals surface area contributed by atoms with E-state index < -0.39 is 35.4 Å². The third-order valence-corrected chi connectivity index (χ3v) is 9.16. The van der Waals surface area contributed by atoms with Crippen molar-refractivity contribution in [1.29, 1.82) is 0 Å². The van der Waals surface area contributed by atoms with Crippen LogP contribution in [-0.4, -0.2) is 84.8 Å². The van der Waals surface area contributed by atoms with Gasteiger partial charge in [0.1, 0.15) is 23.5 Å². The van der Waals surface area contributed by atoms with Crippen molar-refractivity contribution in [2.75, 3.05) is 6.54 Å². The van der Waals surface area contributed by atoms with E-state index in [-0.39, 0.29) is 59.2 Å². The smallest absolute Gasteiger partial charge is 0.286 e. The molecule has 0 bridgehead atoms. The summed E-state index contributed by atoms with van der Waals surface area (Å²) in [4.78, 5) is 72.1. The zero-order valence-corrected chi connectivity index (χ0v) is 31.2. The van der Waals surface area contributed by atoms with Gasteiger partial charge < -0.3 is 30.4 Å². The molecule has 0 saturated carbocycles. The van der Waals surface area contributed by atoms with Crippen LogP contribution < -0.4 is 16.0 Å². The summed E-state index contributed by atoms with van der Waals surface area (Å²) < 4.78 is 5.60. The molecule has 4 N–H and O–H groups in total. The number of aromatic nitrogens is 3. The number of Topliss-reactive ketones (excluding diaryl/α,β-unsaturated/α-hetero) is 1. The largest absolute Gasteiger partial charge is 0.508 e. The number of likely N-dealkylation sites (tertiary alicyclic amines) is 1. The Kier molecular flexibility index (Phi) is 13.5. The molecule has 3 aromatic rings. The summed E-state index contributed by atoms with van der Waals surface area (Å²) in [5.41, 5.74) is 0.0982. The van der Waals surface area contributed by atoms with Gasteiger partial charge in [-0.25, -0.2) is 0 Å². The number of carbonyl (C=O) groups is 5. The SMILES string of the molecule is CC(C)C(NC(=O)[C@@H]1CCCN1C(=O)C(NC(=O)CCCCC(C)(C)NC(=O)c1cc(Cl)ccn1)C(C)C)C(=O)c1nnc(-c2cccc(O)c2)o1. The van der Waals surface area contributed by atoms with Crippen LogP contribution in [0.3, 0.4) is 0 Å². The van der Waals surface area contributed by atoms with Crippen LogP contribution in [0.15, 0.2) is 47.0 Å². The summed E-state index contributed by atoms with van der Waals surface area (Å²) in [5, 5.41) is 26.6. The number of nitrogens with zero attached hydrogens (tertiary/aromatic N) is 4. The molecule has 52 heavy (non-hydrogen) atoms. The zero-order valence-electron chi connectivity index (χ0n) is 30.4. The van der Waals surface area contributed by atoms with Crippen molar-refractivity contribution in [2.45, 2.75) is 104 Å². The summed E-state index contributed by atoms with van der Waals surface area (Å²) in [7, 11) is 0. The van der Waals surface area contributed by atoms with Gasteiger partial charge in [0.25, 0.3) is 11.8 Å². The topological polar surface area (TPSA) is 197 Å². The Labute approximate surface area is 308 Å². The van der Waals surface area contributed by atoms with E-state index in [9.17, 15) is 29.1 Å². The number of hydrogen-bond acceptors (Lipinski definition) is 10. The van der Waals surface area contributed by atoms with Crippen LogP contribution in [0, 0.1) is 11.8 Å². The standard InChI is InChI=1S/C37H48ClN7O7/c1-21(2)29(31(48)35-44-43-34(52-35)23-11-9-12-25(46)19-23)41-33(50)27-13-10-18-45(27)36(51)30(22(3)4)40-28(47)14-7-8-16-37(5,6)42-32(49)26-20-24(38)15-17-39-26/h9,11-12,15,17,19-22,27,29-30,46H,7-8,10,13-14,16,18H2,1-6H3,(H,40,47)(H,41,50)(H,42,49)/t27-,29?,30?/m0/s1. The highest BCUT2D eigenvalue weighted by Crippen LogP contribution is 2.25. The van der Waals surface area contributed by atoms with Crippen molar-refractivity contribution < 1.29 is 33.5 Å². The van der Waals surface area contributed by atoms with Crippen LogP contribution in [0.25, 0.3) is 11.5 Å². The maximum absolute atomic E-state index is 13.8. The molecule has 280 valence electrons. The van der Waals surface area contributed by atoms with Crippen molar-refractivity contribution >= 4 is 41.0 Å². The normalized spacial score (nSPS) is 15.7. The molecule has 1 aliphatic rings. The summed E-state index contributed by atoms with van der Waals surface area (Å²) in [6, 6.07) is 6.57. The van der Waals surface area contributed by atoms with Crippen LogP contribution in [0.1, 0.15) is 101 Å². The first-order valence-electron chi connectivity index (χ1n) is 17.6. The van der Waals surface area contributed by atoms with Crippen LogP contribution >= 0.6 is 11.6 Å². The third-order valence-electron chi connectivity index (χ3n) is 8.93. The molecular formula is C37H48ClN7O7. The minimum absolute atomic E-state index is 0.00158. The van der Waals surface area contributed by atoms with Gasteiger partial charge in [0, 0.05) is 35.3 Å². The summed E-state index contributed by atoms with van der Waals surface area (Å²) in [6.07, 6.45) is 4.42. The highest BCUT2D eigenvalue weighted by atomic mass is 35.5. The number of phenols is 1. The fraction of sp³-hybridized carbons (Fsp3) is 0.514. The summed E-state index contributed by atoms with van der Waals surface area (Å²) in [5.74, 6) is -2.89. The molecule has 4 amide bonds. The van der Waals surface area contributed by atoms with Gasteiger partial charge in [-0.3, -0.25) is 29.0 Å². The Balaban J connectivity index is 1.31. The lowest BCUT2D eigenvalue weighted by molar-refractivity contribution is -0.142. The second-order valence-electron chi connectivity index (χ2n) is 14.4. The fourth-order valence-corrected chi connectivity index (χ4v) is 6.21. The lowest BCUT2D eigenvalue weighted by atomic mass is 9.96. The minimum Gasteiger partial charge on any atom is -0.508 e. The molecule has 15 heteroatoms. The molecule has 2 aromatic heterocycles. The number of benzene rings is 1. The number of hydrogen-bond donors (Lipinski definition) is 4. The van der Waals surface area contributed by atoms with Gasteiger partial charge in [0.05, 0.1) is 6.04 Å². The number of unbranched alkanes of at least 4 members (excludes halogenated alkanes) is 1. The van der Waals surface area contributed by atoms with E-state index in [1.807, 2.05) is 27.7 Å². The van der Waals surface area contributed by atoms with E-state index in [1.165, 1.54) is 29.3 Å². The molecule has 1 fully saturated rings. The minimum atomic E-state index is -1.00. The van der Waals surface area contributed by atoms with Gasteiger partial charge in [0.2, 0.25) is 29.4 Å². The van der Waals surface area contributed by atoms with Crippen LogP contribution in [0.4, 0.5) is 0 Å². The van der Waals surface area contributed by atoms with E-state index in [2.05, 4.69) is 31.1 Å². The number of rotatable bonds is 16. The van der Waals surface area contributed by atoms with Crippen LogP contribution in [0.2, 0.25) is 5.02 Å². The van der Waals surface area contributed by atoms with Gasteiger partial charge in [-0.1, -0.05) is 51.8 Å². The predicted molar refractivity (Wildman–Crippen MR) is 193 cm³/mol. The maximum atomic E-state index is 13.8. The van der Waals surface area contributed by atoms with E-state index in [0.29, 0.717) is 49.2 Å². The van der Waals surface area contributed by atoms with Crippen molar-refractivity contribution in [1.82, 2.24) is 36.0 Å². The number of carbonyl (C=O) groups excluding carboxylic acids is 5. The van der Waals surface area contributed by atoms with Crippen LogP contribution in [-0.2, 0) is 14.4 Å². The Morgan fingerprint density at radius 1 is 1.00 bits per heavy atom. The van der Waals surface area contributed by atoms with E-state index in [1.54, 1.807) is 32.0 Å². The molecule has 0 aliphatic carbocycles. The number of phenolic OH excluding ortho intramolecular Hbond substituents is 1. The first-order chi connectivity index (χ1) is 24.6. The highest BCUT2D eigenvalue weighted by molar-refractivity contribution is 6.30. The second kappa shape index (κ2) is 17.6. The molecular weight excluding hydrogens is 690 g/mol. The molecule has 2 unspecified atom stereocenters. The van der Waals surface area contributed by atoms with Crippen molar-refractivity contribution in [3.8, 4) is 17.2 Å². The highest BCUT2D eigenvalue weighted by Gasteiger charge is 2.40. The lowest BCUT2D eigenvalue weighted by Crippen LogP contribution is -2.57. The molecule has 3 heterocycles. The van der Waals surface area contributed by atoms with Gasteiger partial charge in [0.15, 0.2) is 0 Å². The van der Waals surface area contributed by atoms with Crippen molar-refractivity contribution in [3.05, 3.63) is 59.2 Å². The molecule has 3 atom stereocenters. The average molecular weight is 738 g/mol. The van der Waals surface area contributed by atoms with Crippen molar-refractivity contribution in [3.63, 3.8) is 0 Å². The lowest BCUT2D eigenvalue weighted by Gasteiger charge is -2.31. The Bertz CT molecular complexity index is 1760. The molecule has 0 spiro atoms. The van der Waals surface area contributed by atoms with E-state index in [0.717, 1.165) is 0 Å². The number of aromatic hydroxyl groups is 1. The van der Waals surface area contributed by atoms with Gasteiger partial charge in [-0.15, -0.1) is 10.2 Å².